The second-order valence-corrected chi connectivity index (χ2v) is 4.67. The van der Waals surface area contributed by atoms with Gasteiger partial charge in [0.2, 0.25) is 11.8 Å². The predicted molar refractivity (Wildman–Crippen MR) is 69.5 cm³/mol. The average molecular weight is 263 g/mol. The van der Waals surface area contributed by atoms with Crippen LogP contribution < -0.4 is 10.9 Å². The summed E-state index contributed by atoms with van der Waals surface area (Å²) in [6.07, 6.45) is 1.67. The zero-order chi connectivity index (χ0) is 14.0. The van der Waals surface area contributed by atoms with E-state index in [1.807, 2.05) is 0 Å². The van der Waals surface area contributed by atoms with Gasteiger partial charge in [0.25, 0.3) is 5.56 Å². The molecule has 0 aliphatic carbocycles. The molecule has 1 fully saturated rings. The fourth-order valence-electron chi connectivity index (χ4n) is 2.14. The van der Waals surface area contributed by atoms with Gasteiger partial charge in [-0.3, -0.25) is 14.4 Å². The number of piperazine rings is 1. The van der Waals surface area contributed by atoms with Crippen molar-refractivity contribution in [2.45, 2.75) is 32.5 Å². The molecule has 0 saturated carbocycles. The summed E-state index contributed by atoms with van der Waals surface area (Å²) >= 11 is 0. The van der Waals surface area contributed by atoms with Gasteiger partial charge in [-0.2, -0.15) is 0 Å². The Labute approximate surface area is 111 Å². The van der Waals surface area contributed by atoms with Crippen LogP contribution in [0.5, 0.6) is 0 Å². The molecule has 1 saturated heterocycles. The lowest BCUT2D eigenvalue weighted by atomic mass is 10.1. The van der Waals surface area contributed by atoms with Crippen LogP contribution in [0.2, 0.25) is 0 Å². The van der Waals surface area contributed by atoms with Crippen LogP contribution in [0.1, 0.15) is 13.8 Å². The van der Waals surface area contributed by atoms with Crippen LogP contribution in [-0.4, -0.2) is 39.9 Å². The molecule has 1 aromatic rings. The highest BCUT2D eigenvalue weighted by molar-refractivity contribution is 5.96. The van der Waals surface area contributed by atoms with Gasteiger partial charge in [-0.05, 0) is 19.9 Å². The first-order chi connectivity index (χ1) is 9.00. The van der Waals surface area contributed by atoms with E-state index in [-0.39, 0.29) is 17.4 Å². The first-order valence-electron chi connectivity index (χ1n) is 6.27. The highest BCUT2D eigenvalue weighted by Crippen LogP contribution is 2.09. The Morgan fingerprint density at radius 3 is 2.58 bits per heavy atom. The Balaban J connectivity index is 2.09. The number of hydrogen-bond donors (Lipinski definition) is 1. The Bertz CT molecular complexity index is 552. The van der Waals surface area contributed by atoms with Crippen molar-refractivity contribution in [1.82, 2.24) is 14.8 Å². The number of nitrogens with one attached hydrogen (secondary N) is 1. The van der Waals surface area contributed by atoms with Gasteiger partial charge in [-0.25, -0.2) is 0 Å². The summed E-state index contributed by atoms with van der Waals surface area (Å²) in [4.78, 5) is 36.8. The fourth-order valence-corrected chi connectivity index (χ4v) is 2.14. The Kier molecular flexibility index (Phi) is 3.69. The molecule has 0 bridgehead atoms. The van der Waals surface area contributed by atoms with Crippen molar-refractivity contribution >= 4 is 11.8 Å². The standard InChI is InChI=1S/C13H17N3O3/c1-9-13(19)16(10(2)12(18)14-9)8-7-15-6-4-3-5-11(15)17/h3-6,9-10H,7-8H2,1-2H3,(H,14,18). The Morgan fingerprint density at radius 2 is 1.89 bits per heavy atom. The smallest absolute Gasteiger partial charge is 0.250 e. The third-order valence-corrected chi connectivity index (χ3v) is 3.34. The number of rotatable bonds is 3. The third kappa shape index (κ3) is 2.67. The number of hydrogen-bond acceptors (Lipinski definition) is 3. The minimum Gasteiger partial charge on any atom is -0.343 e. The van der Waals surface area contributed by atoms with Crippen molar-refractivity contribution < 1.29 is 9.59 Å². The van der Waals surface area contributed by atoms with E-state index in [4.69, 9.17) is 0 Å². The second-order valence-electron chi connectivity index (χ2n) is 4.67. The molecule has 1 N–H and O–H groups in total. The number of carbonyl (C=O) groups excluding carboxylic acids is 2. The number of carbonyl (C=O) groups is 2. The van der Waals surface area contributed by atoms with Crippen LogP contribution in [0.3, 0.4) is 0 Å². The molecule has 0 spiro atoms. The van der Waals surface area contributed by atoms with E-state index in [0.717, 1.165) is 0 Å². The minimum atomic E-state index is -0.504. The van der Waals surface area contributed by atoms with Crippen molar-refractivity contribution in [2.75, 3.05) is 6.54 Å². The minimum absolute atomic E-state index is 0.114. The van der Waals surface area contributed by atoms with Gasteiger partial charge >= 0.3 is 0 Å². The molecule has 2 amide bonds. The van der Waals surface area contributed by atoms with Crippen LogP contribution >= 0.6 is 0 Å². The van der Waals surface area contributed by atoms with Crippen molar-refractivity contribution in [3.05, 3.63) is 34.7 Å². The molecule has 1 aliphatic rings. The number of nitrogens with zero attached hydrogens (tertiary/aromatic N) is 2. The zero-order valence-corrected chi connectivity index (χ0v) is 11.0. The van der Waals surface area contributed by atoms with Gasteiger partial charge in [-0.15, -0.1) is 0 Å². The maximum atomic E-state index is 12.0. The van der Waals surface area contributed by atoms with Gasteiger partial charge in [0.1, 0.15) is 12.1 Å². The molecular weight excluding hydrogens is 246 g/mol. The van der Waals surface area contributed by atoms with E-state index in [1.165, 1.54) is 15.5 Å². The molecule has 2 unspecified atom stereocenters. The van der Waals surface area contributed by atoms with Gasteiger partial charge < -0.3 is 14.8 Å². The third-order valence-electron chi connectivity index (χ3n) is 3.34. The first kappa shape index (κ1) is 13.3. The SMILES string of the molecule is CC1NC(=O)C(C)N(CCn2ccccc2=O)C1=O. The molecule has 2 rings (SSSR count). The van der Waals surface area contributed by atoms with Crippen LogP contribution in [0.4, 0.5) is 0 Å². The lowest BCUT2D eigenvalue weighted by Gasteiger charge is -2.36. The van der Waals surface area contributed by atoms with Gasteiger partial charge in [0, 0.05) is 25.4 Å². The second kappa shape index (κ2) is 5.26. The molecule has 0 aromatic carbocycles. The summed E-state index contributed by atoms with van der Waals surface area (Å²) in [5, 5.41) is 2.62. The van der Waals surface area contributed by atoms with Crippen LogP contribution in [-0.2, 0) is 16.1 Å². The molecule has 6 nitrogen and oxygen atoms in total. The Morgan fingerprint density at radius 1 is 1.16 bits per heavy atom. The van der Waals surface area contributed by atoms with E-state index in [9.17, 15) is 14.4 Å². The molecule has 2 atom stereocenters. The molecule has 0 radical (unpaired) electrons. The summed E-state index contributed by atoms with van der Waals surface area (Å²) < 4.78 is 1.52. The molecule has 1 aromatic heterocycles. The van der Waals surface area contributed by atoms with Crippen molar-refractivity contribution in [2.24, 2.45) is 0 Å². The fraction of sp³-hybridized carbons (Fsp3) is 0.462. The highest BCUT2D eigenvalue weighted by atomic mass is 16.2. The molecule has 102 valence electrons. The monoisotopic (exact) mass is 263 g/mol. The summed E-state index contributed by atoms with van der Waals surface area (Å²) in [6.45, 7) is 4.08. The normalized spacial score (nSPS) is 23.4. The maximum Gasteiger partial charge on any atom is 0.250 e. The lowest BCUT2D eigenvalue weighted by molar-refractivity contribution is -0.148. The van der Waals surface area contributed by atoms with Crippen molar-refractivity contribution in [1.29, 1.82) is 0 Å². The van der Waals surface area contributed by atoms with E-state index in [2.05, 4.69) is 5.32 Å². The van der Waals surface area contributed by atoms with Gasteiger partial charge in [-0.1, -0.05) is 6.07 Å². The van der Waals surface area contributed by atoms with Crippen LogP contribution in [0, 0.1) is 0 Å². The first-order valence-corrected chi connectivity index (χ1v) is 6.27. The largest absolute Gasteiger partial charge is 0.343 e. The van der Waals surface area contributed by atoms with E-state index in [0.29, 0.717) is 13.1 Å². The maximum absolute atomic E-state index is 12.0. The quantitative estimate of drug-likeness (QED) is 0.805. The van der Waals surface area contributed by atoms with Crippen LogP contribution in [0.15, 0.2) is 29.2 Å². The van der Waals surface area contributed by atoms with Crippen LogP contribution in [0.25, 0.3) is 0 Å². The molecule has 6 heteroatoms. The predicted octanol–water partition coefficient (Wildman–Crippen LogP) is -0.416. The number of aromatic nitrogens is 1. The highest BCUT2D eigenvalue weighted by Gasteiger charge is 2.35. The van der Waals surface area contributed by atoms with Crippen molar-refractivity contribution in [3.8, 4) is 0 Å². The topological polar surface area (TPSA) is 71.4 Å². The van der Waals surface area contributed by atoms with Gasteiger partial charge in [0.15, 0.2) is 0 Å². The van der Waals surface area contributed by atoms with E-state index >= 15 is 0 Å². The zero-order valence-electron chi connectivity index (χ0n) is 11.0. The Hall–Kier alpha value is -2.11. The number of amides is 2. The van der Waals surface area contributed by atoms with Gasteiger partial charge in [0.05, 0.1) is 0 Å². The summed E-state index contributed by atoms with van der Waals surface area (Å²) in [5.41, 5.74) is -0.114. The molecule has 2 heterocycles. The molecular formula is C13H17N3O3. The lowest BCUT2D eigenvalue weighted by Crippen LogP contribution is -2.61. The van der Waals surface area contributed by atoms with Crippen molar-refractivity contribution in [3.63, 3.8) is 0 Å². The summed E-state index contributed by atoms with van der Waals surface area (Å²) in [6, 6.07) is 3.90. The van der Waals surface area contributed by atoms with E-state index < -0.39 is 12.1 Å². The summed E-state index contributed by atoms with van der Waals surface area (Å²) in [7, 11) is 0. The number of pyridine rings is 1. The average Bonchev–Trinajstić information content (AvgIpc) is 2.38. The molecule has 19 heavy (non-hydrogen) atoms. The van der Waals surface area contributed by atoms with E-state index in [1.54, 1.807) is 32.2 Å². The summed E-state index contributed by atoms with van der Waals surface area (Å²) in [5.74, 6) is -0.274. The molecule has 1 aliphatic heterocycles.